The summed E-state index contributed by atoms with van der Waals surface area (Å²) in [6.45, 7) is 1.69. The van der Waals surface area contributed by atoms with Gasteiger partial charge in [0.1, 0.15) is 18.2 Å². The second-order valence-electron chi connectivity index (χ2n) is 4.57. The molecular weight excluding hydrogens is 277 g/mol. The zero-order chi connectivity index (χ0) is 15.4. The quantitative estimate of drug-likeness (QED) is 0.677. The van der Waals surface area contributed by atoms with E-state index in [9.17, 15) is 19.6 Å². The van der Waals surface area contributed by atoms with Crippen molar-refractivity contribution in [2.45, 2.75) is 19.6 Å². The van der Waals surface area contributed by atoms with E-state index in [1.54, 1.807) is 19.1 Å². The van der Waals surface area contributed by atoms with Gasteiger partial charge in [0.15, 0.2) is 0 Å². The third-order valence-corrected chi connectivity index (χ3v) is 2.97. The zero-order valence-corrected chi connectivity index (χ0v) is 11.3. The van der Waals surface area contributed by atoms with E-state index in [-0.39, 0.29) is 18.0 Å². The number of ether oxygens (including phenoxy) is 1. The normalized spacial score (nSPS) is 12.0. The third kappa shape index (κ3) is 3.76. The molecule has 2 rings (SSSR count). The molecule has 0 aliphatic heterocycles. The Morgan fingerprint density at radius 3 is 2.52 bits per heavy atom. The van der Waals surface area contributed by atoms with Crippen LogP contribution in [0, 0.1) is 15.9 Å². The highest BCUT2D eigenvalue weighted by atomic mass is 19.1. The van der Waals surface area contributed by atoms with E-state index < -0.39 is 16.8 Å². The summed E-state index contributed by atoms with van der Waals surface area (Å²) in [7, 11) is 0. The van der Waals surface area contributed by atoms with Gasteiger partial charge in [-0.3, -0.25) is 10.1 Å². The van der Waals surface area contributed by atoms with Crippen molar-refractivity contribution in [1.29, 1.82) is 0 Å². The van der Waals surface area contributed by atoms with Gasteiger partial charge in [0, 0.05) is 23.8 Å². The first kappa shape index (κ1) is 14.9. The second-order valence-corrected chi connectivity index (χ2v) is 4.57. The number of benzene rings is 2. The monoisotopic (exact) mass is 291 g/mol. The van der Waals surface area contributed by atoms with E-state index in [2.05, 4.69) is 0 Å². The van der Waals surface area contributed by atoms with Crippen LogP contribution in [0.3, 0.4) is 0 Å². The highest BCUT2D eigenvalue weighted by Crippen LogP contribution is 2.27. The maximum Gasteiger partial charge on any atom is 0.269 e. The van der Waals surface area contributed by atoms with Crippen LogP contribution < -0.4 is 4.74 Å². The number of aliphatic hydroxyl groups is 1. The maximum absolute atomic E-state index is 13.2. The first-order valence-electron chi connectivity index (χ1n) is 6.31. The zero-order valence-electron chi connectivity index (χ0n) is 11.3. The number of aliphatic hydroxyl groups excluding tert-OH is 1. The van der Waals surface area contributed by atoms with Crippen LogP contribution in [-0.4, -0.2) is 10.0 Å². The number of nitrogens with zero attached hydrogens (tertiary/aromatic N) is 1. The van der Waals surface area contributed by atoms with Crippen LogP contribution in [-0.2, 0) is 6.61 Å². The van der Waals surface area contributed by atoms with Gasteiger partial charge in [-0.05, 0) is 36.8 Å². The molecule has 0 aliphatic rings. The molecule has 1 N–H and O–H groups in total. The summed E-state index contributed by atoms with van der Waals surface area (Å²) in [6, 6.07) is 9.80. The van der Waals surface area contributed by atoms with E-state index in [0.717, 1.165) is 0 Å². The van der Waals surface area contributed by atoms with Gasteiger partial charge in [-0.15, -0.1) is 0 Å². The molecule has 0 unspecified atom stereocenters. The van der Waals surface area contributed by atoms with Crippen LogP contribution >= 0.6 is 0 Å². The molecule has 6 heteroatoms. The molecule has 0 bridgehead atoms. The van der Waals surface area contributed by atoms with Crippen LogP contribution in [0.25, 0.3) is 0 Å². The number of rotatable bonds is 5. The van der Waals surface area contributed by atoms with Crippen LogP contribution in [0.2, 0.25) is 0 Å². The summed E-state index contributed by atoms with van der Waals surface area (Å²) in [5.41, 5.74) is 1.19. The van der Waals surface area contributed by atoms with Gasteiger partial charge in [0.25, 0.3) is 5.69 Å². The third-order valence-electron chi connectivity index (χ3n) is 2.97. The van der Waals surface area contributed by atoms with Crippen molar-refractivity contribution in [2.24, 2.45) is 0 Å². The van der Waals surface area contributed by atoms with Crippen LogP contribution in [0.15, 0.2) is 42.5 Å². The fraction of sp³-hybridized carbons (Fsp3) is 0.200. The van der Waals surface area contributed by atoms with Crippen molar-refractivity contribution in [1.82, 2.24) is 0 Å². The number of non-ortho nitro benzene ring substituents is 1. The Kier molecular flexibility index (Phi) is 4.49. The molecule has 0 saturated carbocycles. The molecular formula is C15H14FNO4. The van der Waals surface area contributed by atoms with Crippen molar-refractivity contribution in [3.63, 3.8) is 0 Å². The van der Waals surface area contributed by atoms with Gasteiger partial charge in [-0.2, -0.15) is 0 Å². The number of halogens is 1. The van der Waals surface area contributed by atoms with E-state index >= 15 is 0 Å². The van der Waals surface area contributed by atoms with Gasteiger partial charge in [-0.25, -0.2) is 4.39 Å². The molecule has 0 aromatic heterocycles. The van der Waals surface area contributed by atoms with Crippen molar-refractivity contribution in [3.05, 3.63) is 69.5 Å². The van der Waals surface area contributed by atoms with Gasteiger partial charge < -0.3 is 9.84 Å². The van der Waals surface area contributed by atoms with Crippen molar-refractivity contribution in [2.75, 3.05) is 0 Å². The first-order valence-corrected chi connectivity index (χ1v) is 6.31. The highest BCUT2D eigenvalue weighted by Gasteiger charge is 2.11. The van der Waals surface area contributed by atoms with Gasteiger partial charge in [-0.1, -0.05) is 0 Å². The molecule has 21 heavy (non-hydrogen) atoms. The van der Waals surface area contributed by atoms with Crippen molar-refractivity contribution >= 4 is 5.69 Å². The molecule has 0 amide bonds. The predicted octanol–water partition coefficient (Wildman–Crippen LogP) is 3.37. The second kappa shape index (κ2) is 6.32. The Balaban J connectivity index is 2.12. The Morgan fingerprint density at radius 2 is 1.95 bits per heavy atom. The minimum atomic E-state index is -0.780. The summed E-state index contributed by atoms with van der Waals surface area (Å²) in [5, 5.41) is 20.2. The molecule has 0 saturated heterocycles. The van der Waals surface area contributed by atoms with Gasteiger partial charge in [0.05, 0.1) is 11.0 Å². The SMILES string of the molecule is C[C@H](O)c1ccc(F)cc1OCc1ccc([N+](=O)[O-])cc1. The van der Waals surface area contributed by atoms with Crippen LogP contribution in [0.1, 0.15) is 24.2 Å². The molecule has 2 aromatic rings. The van der Waals surface area contributed by atoms with Crippen LogP contribution in [0.4, 0.5) is 10.1 Å². The van der Waals surface area contributed by atoms with E-state index in [1.165, 1.54) is 30.3 Å². The van der Waals surface area contributed by atoms with Gasteiger partial charge >= 0.3 is 0 Å². The fourth-order valence-electron chi connectivity index (χ4n) is 1.85. The molecule has 0 aliphatic carbocycles. The standard InChI is InChI=1S/C15H14FNO4/c1-10(18)14-7-4-12(16)8-15(14)21-9-11-2-5-13(6-3-11)17(19)20/h2-8,10,18H,9H2,1H3/t10-/m0/s1. The van der Waals surface area contributed by atoms with Crippen molar-refractivity contribution in [3.8, 4) is 5.75 Å². The lowest BCUT2D eigenvalue weighted by atomic mass is 10.1. The first-order chi connectivity index (χ1) is 9.97. The lowest BCUT2D eigenvalue weighted by molar-refractivity contribution is -0.384. The lowest BCUT2D eigenvalue weighted by Gasteiger charge is -2.13. The average Bonchev–Trinajstić information content (AvgIpc) is 2.45. The number of nitro benzene ring substituents is 1. The number of nitro groups is 1. The molecule has 0 heterocycles. The molecule has 2 aromatic carbocycles. The Bertz CT molecular complexity index is 641. The summed E-state index contributed by atoms with van der Waals surface area (Å²) in [6.07, 6.45) is -0.780. The topological polar surface area (TPSA) is 72.6 Å². The Morgan fingerprint density at radius 1 is 1.29 bits per heavy atom. The minimum absolute atomic E-state index is 0.00539. The van der Waals surface area contributed by atoms with Gasteiger partial charge in [0.2, 0.25) is 0 Å². The molecule has 0 spiro atoms. The molecule has 5 nitrogen and oxygen atoms in total. The summed E-state index contributed by atoms with van der Waals surface area (Å²) in [5.74, 6) is -0.207. The van der Waals surface area contributed by atoms with E-state index in [0.29, 0.717) is 11.1 Å². The number of hydrogen-bond acceptors (Lipinski definition) is 4. The Hall–Kier alpha value is -2.47. The molecule has 110 valence electrons. The predicted molar refractivity (Wildman–Crippen MR) is 74.5 cm³/mol. The summed E-state index contributed by atoms with van der Waals surface area (Å²) < 4.78 is 18.7. The fourth-order valence-corrected chi connectivity index (χ4v) is 1.85. The smallest absolute Gasteiger partial charge is 0.269 e. The Labute approximate surface area is 120 Å². The van der Waals surface area contributed by atoms with Crippen molar-refractivity contribution < 1.29 is 19.2 Å². The van der Waals surface area contributed by atoms with Crippen LogP contribution in [0.5, 0.6) is 5.75 Å². The summed E-state index contributed by atoms with van der Waals surface area (Å²) >= 11 is 0. The molecule has 1 atom stereocenters. The minimum Gasteiger partial charge on any atom is -0.488 e. The van der Waals surface area contributed by atoms with E-state index in [1.807, 2.05) is 0 Å². The summed E-state index contributed by atoms with van der Waals surface area (Å²) in [4.78, 5) is 10.1. The van der Waals surface area contributed by atoms with E-state index in [4.69, 9.17) is 4.74 Å². The lowest BCUT2D eigenvalue weighted by Crippen LogP contribution is -2.01. The molecule has 0 fully saturated rings. The number of hydrogen-bond donors (Lipinski definition) is 1. The largest absolute Gasteiger partial charge is 0.488 e. The molecule has 0 radical (unpaired) electrons. The highest BCUT2D eigenvalue weighted by molar-refractivity contribution is 5.36. The average molecular weight is 291 g/mol. The maximum atomic E-state index is 13.2.